The number of unbranched alkanes of at least 4 members (excludes halogenated alkanes) is 2. The number of aryl methyl sites for hydroxylation is 2. The van der Waals surface area contributed by atoms with E-state index in [1.165, 1.54) is 14.0 Å². The molecule has 0 radical (unpaired) electrons. The number of nitrogens with zero attached hydrogens (tertiary/aromatic N) is 4. The number of rotatable bonds is 7. The van der Waals surface area contributed by atoms with Crippen LogP contribution in [0.4, 0.5) is 4.79 Å². The summed E-state index contributed by atoms with van der Waals surface area (Å²) in [5.41, 5.74) is 1.72. The van der Waals surface area contributed by atoms with Crippen molar-refractivity contribution < 1.29 is 24.3 Å². The van der Waals surface area contributed by atoms with Crippen molar-refractivity contribution in [1.29, 1.82) is 0 Å². The van der Waals surface area contributed by atoms with Crippen LogP contribution in [0.5, 0.6) is 0 Å². The molecule has 4 amide bonds. The molecule has 3 heterocycles. The molecule has 38 heavy (non-hydrogen) atoms. The third kappa shape index (κ3) is 5.32. The maximum atomic E-state index is 13.1. The summed E-state index contributed by atoms with van der Waals surface area (Å²) in [5, 5.41) is 11.8. The number of benzene rings is 1. The monoisotopic (exact) mass is 527 g/mol. The van der Waals surface area contributed by atoms with Gasteiger partial charge in [0.05, 0.1) is 11.0 Å². The molecule has 0 spiro atoms. The molecule has 206 valence electrons. The minimum atomic E-state index is -1.06. The summed E-state index contributed by atoms with van der Waals surface area (Å²) in [6.45, 7) is 7.00. The maximum Gasteiger partial charge on any atom is 0.408 e. The van der Waals surface area contributed by atoms with Gasteiger partial charge in [-0.05, 0) is 48.8 Å². The zero-order valence-corrected chi connectivity index (χ0v) is 22.5. The molecule has 1 aromatic carbocycles. The van der Waals surface area contributed by atoms with Crippen molar-refractivity contribution in [3.8, 4) is 0 Å². The van der Waals surface area contributed by atoms with Crippen LogP contribution >= 0.6 is 0 Å². The van der Waals surface area contributed by atoms with Gasteiger partial charge in [-0.25, -0.2) is 9.59 Å². The van der Waals surface area contributed by atoms with Gasteiger partial charge in [-0.1, -0.05) is 33.3 Å². The van der Waals surface area contributed by atoms with E-state index in [4.69, 9.17) is 0 Å². The van der Waals surface area contributed by atoms with Crippen molar-refractivity contribution in [2.24, 2.45) is 12.5 Å². The number of hydrogen-bond acceptors (Lipinski definition) is 5. The molecule has 2 saturated heterocycles. The molecule has 0 saturated carbocycles. The van der Waals surface area contributed by atoms with Gasteiger partial charge < -0.3 is 10.0 Å². The topological polar surface area (TPSA) is 134 Å². The summed E-state index contributed by atoms with van der Waals surface area (Å²) in [5.74, 6) is -0.891. The molecule has 2 aliphatic rings. The summed E-state index contributed by atoms with van der Waals surface area (Å²) < 4.78 is 3.02. The molecule has 2 aromatic rings. The van der Waals surface area contributed by atoms with Gasteiger partial charge in [0.2, 0.25) is 17.7 Å². The summed E-state index contributed by atoms with van der Waals surface area (Å²) >= 11 is 0. The van der Waals surface area contributed by atoms with Gasteiger partial charge in [0.25, 0.3) is 0 Å². The molecule has 2 atom stereocenters. The Kier molecular flexibility index (Phi) is 7.66. The van der Waals surface area contributed by atoms with Crippen LogP contribution in [-0.2, 0) is 27.9 Å². The minimum Gasteiger partial charge on any atom is -0.465 e. The van der Waals surface area contributed by atoms with Crippen molar-refractivity contribution >= 4 is 34.8 Å². The van der Waals surface area contributed by atoms with E-state index in [0.717, 1.165) is 36.8 Å². The van der Waals surface area contributed by atoms with E-state index >= 15 is 0 Å². The average molecular weight is 528 g/mol. The highest BCUT2D eigenvalue weighted by Gasteiger charge is 2.44. The number of imide groups is 1. The first-order valence-electron chi connectivity index (χ1n) is 13.2. The second kappa shape index (κ2) is 10.6. The van der Waals surface area contributed by atoms with Crippen molar-refractivity contribution in [1.82, 2.24) is 24.3 Å². The number of carbonyl (C=O) groups excluding carboxylic acids is 3. The molecular weight excluding hydrogens is 490 g/mol. The van der Waals surface area contributed by atoms with E-state index in [9.17, 15) is 29.1 Å². The van der Waals surface area contributed by atoms with Crippen LogP contribution in [0.15, 0.2) is 23.0 Å². The number of piperidine rings is 1. The van der Waals surface area contributed by atoms with E-state index in [0.29, 0.717) is 31.6 Å². The van der Waals surface area contributed by atoms with E-state index in [1.807, 2.05) is 39.0 Å². The smallest absolute Gasteiger partial charge is 0.408 e. The van der Waals surface area contributed by atoms with Crippen molar-refractivity contribution in [2.45, 2.75) is 71.4 Å². The fourth-order valence-corrected chi connectivity index (χ4v) is 5.64. The second-order valence-electron chi connectivity index (χ2n) is 11.4. The Morgan fingerprint density at radius 1 is 1.05 bits per heavy atom. The Morgan fingerprint density at radius 3 is 2.45 bits per heavy atom. The third-order valence-electron chi connectivity index (χ3n) is 7.60. The molecule has 0 bridgehead atoms. The number of nitrogens with one attached hydrogen (secondary N) is 1. The molecule has 2 N–H and O–H groups in total. The minimum absolute atomic E-state index is 0.127. The highest BCUT2D eigenvalue weighted by molar-refractivity contribution is 6.00. The fourth-order valence-electron chi connectivity index (χ4n) is 5.64. The van der Waals surface area contributed by atoms with Gasteiger partial charge in [-0.2, -0.15) is 0 Å². The number of piperazine rings is 1. The Bertz CT molecular complexity index is 1320. The molecule has 2 unspecified atom stereocenters. The lowest BCUT2D eigenvalue weighted by atomic mass is 9.83. The zero-order chi connectivity index (χ0) is 27.8. The van der Waals surface area contributed by atoms with Gasteiger partial charge in [0, 0.05) is 33.1 Å². The standard InChI is InChI=1S/C27H37N5O6/c1-27(2,3)22-24(35)30(14-15-31(22)26(37)38)13-7-5-6-8-17-9-10-18-20(16-17)29(4)25(36)32(18)19-11-12-21(33)28-23(19)34/h9-10,16,19,22H,5-8,11-15H2,1-4H3,(H,37,38)(H,28,33,34). The Balaban J connectivity index is 1.35. The summed E-state index contributed by atoms with van der Waals surface area (Å²) in [6, 6.07) is 4.42. The second-order valence-corrected chi connectivity index (χ2v) is 11.4. The first kappa shape index (κ1) is 27.4. The van der Waals surface area contributed by atoms with Crippen molar-refractivity contribution in [2.75, 3.05) is 19.6 Å². The fraction of sp³-hybridized carbons (Fsp3) is 0.593. The van der Waals surface area contributed by atoms with Crippen LogP contribution in [-0.4, -0.2) is 73.5 Å². The van der Waals surface area contributed by atoms with E-state index in [-0.39, 0.29) is 23.9 Å². The number of carbonyl (C=O) groups is 4. The zero-order valence-electron chi connectivity index (χ0n) is 22.5. The predicted molar refractivity (Wildman–Crippen MR) is 141 cm³/mol. The summed E-state index contributed by atoms with van der Waals surface area (Å²) in [4.78, 5) is 64.6. The lowest BCUT2D eigenvalue weighted by Crippen LogP contribution is -2.62. The van der Waals surface area contributed by atoms with Gasteiger partial charge in [0.1, 0.15) is 12.1 Å². The van der Waals surface area contributed by atoms with Gasteiger partial charge in [-0.15, -0.1) is 0 Å². The molecule has 2 fully saturated rings. The van der Waals surface area contributed by atoms with E-state index < -0.39 is 29.5 Å². The first-order valence-corrected chi connectivity index (χ1v) is 13.2. The Labute approximate surface area is 221 Å². The molecule has 11 heteroatoms. The number of fused-ring (bicyclic) bond motifs is 1. The van der Waals surface area contributed by atoms with Crippen molar-refractivity contribution in [3.05, 3.63) is 34.2 Å². The van der Waals surface area contributed by atoms with Crippen LogP contribution in [0.25, 0.3) is 11.0 Å². The number of imidazole rings is 1. The van der Waals surface area contributed by atoms with Gasteiger partial charge in [0.15, 0.2) is 0 Å². The molecule has 0 aliphatic carbocycles. The quantitative estimate of drug-likeness (QED) is 0.419. The number of carboxylic acid groups (broad SMARTS) is 1. The summed E-state index contributed by atoms with van der Waals surface area (Å²) in [6.07, 6.45) is 2.88. The lowest BCUT2D eigenvalue weighted by molar-refractivity contribution is -0.145. The normalized spacial score (nSPS) is 20.8. The molecule has 2 aliphatic heterocycles. The SMILES string of the molecule is Cn1c(=O)n(C2CCC(=O)NC2=O)c2ccc(CCCCCN3CCN(C(=O)O)C(C(C)(C)C)C3=O)cc21. The lowest BCUT2D eigenvalue weighted by Gasteiger charge is -2.44. The highest BCUT2D eigenvalue weighted by Crippen LogP contribution is 2.29. The van der Waals surface area contributed by atoms with Crippen molar-refractivity contribution in [3.63, 3.8) is 0 Å². The summed E-state index contributed by atoms with van der Waals surface area (Å²) in [7, 11) is 1.68. The van der Waals surface area contributed by atoms with Crippen LogP contribution in [0, 0.1) is 5.41 Å². The Morgan fingerprint density at radius 2 is 1.79 bits per heavy atom. The molecule has 1 aromatic heterocycles. The van der Waals surface area contributed by atoms with E-state index in [2.05, 4.69) is 5.32 Å². The number of amides is 4. The van der Waals surface area contributed by atoms with Crippen LogP contribution in [0.3, 0.4) is 0 Å². The third-order valence-corrected chi connectivity index (χ3v) is 7.60. The maximum absolute atomic E-state index is 13.1. The van der Waals surface area contributed by atoms with Gasteiger partial charge in [-0.3, -0.25) is 33.7 Å². The van der Waals surface area contributed by atoms with E-state index in [1.54, 1.807) is 11.9 Å². The number of hydrogen-bond donors (Lipinski definition) is 2. The molecule has 4 rings (SSSR count). The van der Waals surface area contributed by atoms with Gasteiger partial charge >= 0.3 is 11.8 Å². The Hall–Kier alpha value is -3.63. The highest BCUT2D eigenvalue weighted by atomic mass is 16.4. The van der Waals surface area contributed by atoms with Crippen LogP contribution < -0.4 is 11.0 Å². The van der Waals surface area contributed by atoms with Crippen LogP contribution in [0.2, 0.25) is 0 Å². The average Bonchev–Trinajstić information content (AvgIpc) is 3.08. The predicted octanol–water partition coefficient (Wildman–Crippen LogP) is 2.27. The number of aromatic nitrogens is 2. The van der Waals surface area contributed by atoms with Crippen LogP contribution in [0.1, 0.15) is 64.5 Å². The molecule has 11 nitrogen and oxygen atoms in total. The first-order chi connectivity index (χ1) is 17.9. The molecular formula is C27H37N5O6. The largest absolute Gasteiger partial charge is 0.465 e.